The second kappa shape index (κ2) is 12.3. The van der Waals surface area contributed by atoms with Crippen molar-refractivity contribution >= 4 is 33.4 Å². The van der Waals surface area contributed by atoms with Crippen LogP contribution in [0.5, 0.6) is 0 Å². The SMILES string of the molecule is C[C@H](CCCO)C(=O)N[C@H](C(=O)N1CCC[C@H]1c1nc2c(-c3ccccc3)nccc2s1)C1CCCCC1. The van der Waals surface area contributed by atoms with Gasteiger partial charge in [0, 0.05) is 30.8 Å². The Kier molecular flexibility index (Phi) is 8.69. The zero-order valence-corrected chi connectivity index (χ0v) is 23.0. The van der Waals surface area contributed by atoms with E-state index in [2.05, 4.69) is 10.3 Å². The Balaban J connectivity index is 1.40. The third kappa shape index (κ3) is 5.76. The molecule has 3 atom stereocenters. The molecule has 0 radical (unpaired) electrons. The first-order valence-corrected chi connectivity index (χ1v) is 14.9. The summed E-state index contributed by atoms with van der Waals surface area (Å²) in [5, 5.41) is 13.3. The monoisotopic (exact) mass is 534 g/mol. The number of nitrogens with zero attached hydrogens (tertiary/aromatic N) is 3. The fourth-order valence-corrected chi connectivity index (χ4v) is 7.07. The molecule has 1 saturated heterocycles. The zero-order valence-electron chi connectivity index (χ0n) is 22.1. The summed E-state index contributed by atoms with van der Waals surface area (Å²) >= 11 is 1.64. The number of likely N-dealkylation sites (tertiary alicyclic amines) is 1. The Hall–Kier alpha value is -2.84. The number of amides is 2. The van der Waals surface area contributed by atoms with Crippen LogP contribution >= 0.6 is 11.3 Å². The van der Waals surface area contributed by atoms with Gasteiger partial charge in [0.1, 0.15) is 16.6 Å². The van der Waals surface area contributed by atoms with E-state index in [9.17, 15) is 14.7 Å². The highest BCUT2D eigenvalue weighted by atomic mass is 32.1. The van der Waals surface area contributed by atoms with E-state index in [-0.39, 0.29) is 36.3 Å². The number of carbonyl (C=O) groups excluding carboxylic acids is 2. The van der Waals surface area contributed by atoms with Crippen LogP contribution in [-0.2, 0) is 9.59 Å². The highest BCUT2D eigenvalue weighted by Crippen LogP contribution is 2.39. The molecule has 0 spiro atoms. The number of hydrogen-bond acceptors (Lipinski definition) is 6. The molecular formula is C30H38N4O3S. The lowest BCUT2D eigenvalue weighted by Gasteiger charge is -2.35. The third-order valence-electron chi connectivity index (χ3n) is 8.12. The third-order valence-corrected chi connectivity index (χ3v) is 9.24. The van der Waals surface area contributed by atoms with Crippen molar-refractivity contribution in [1.82, 2.24) is 20.2 Å². The number of nitrogens with one attached hydrogen (secondary N) is 1. The molecule has 1 aliphatic heterocycles. The van der Waals surface area contributed by atoms with Gasteiger partial charge in [-0.3, -0.25) is 14.6 Å². The van der Waals surface area contributed by atoms with Crippen LogP contribution in [0, 0.1) is 11.8 Å². The van der Waals surface area contributed by atoms with Crippen LogP contribution < -0.4 is 5.32 Å². The number of carbonyl (C=O) groups is 2. The molecule has 1 aliphatic carbocycles. The Labute approximate surface area is 228 Å². The number of rotatable bonds is 9. The summed E-state index contributed by atoms with van der Waals surface area (Å²) in [7, 11) is 0. The fourth-order valence-electron chi connectivity index (χ4n) is 5.96. The quantitative estimate of drug-likeness (QED) is 0.378. The van der Waals surface area contributed by atoms with Gasteiger partial charge in [0.15, 0.2) is 0 Å². The lowest BCUT2D eigenvalue weighted by Crippen LogP contribution is -2.53. The minimum atomic E-state index is -0.504. The number of hydrogen-bond donors (Lipinski definition) is 2. The predicted molar refractivity (Wildman–Crippen MR) is 151 cm³/mol. The molecule has 38 heavy (non-hydrogen) atoms. The van der Waals surface area contributed by atoms with Gasteiger partial charge in [0.2, 0.25) is 11.8 Å². The molecule has 0 bridgehead atoms. The van der Waals surface area contributed by atoms with Crippen molar-refractivity contribution in [2.24, 2.45) is 11.8 Å². The van der Waals surface area contributed by atoms with Gasteiger partial charge in [-0.1, -0.05) is 56.5 Å². The summed E-state index contributed by atoms with van der Waals surface area (Å²) < 4.78 is 1.07. The van der Waals surface area contributed by atoms with E-state index in [4.69, 9.17) is 4.98 Å². The topological polar surface area (TPSA) is 95.4 Å². The lowest BCUT2D eigenvalue weighted by molar-refractivity contribution is -0.140. The molecule has 0 unspecified atom stereocenters. The summed E-state index contributed by atoms with van der Waals surface area (Å²) in [4.78, 5) is 38.9. The van der Waals surface area contributed by atoms with E-state index in [1.807, 2.05) is 54.4 Å². The van der Waals surface area contributed by atoms with Crippen LogP contribution in [0.15, 0.2) is 42.6 Å². The Morgan fingerprint density at radius 3 is 2.66 bits per heavy atom. The van der Waals surface area contributed by atoms with Crippen LogP contribution in [0.2, 0.25) is 0 Å². The maximum absolute atomic E-state index is 14.1. The molecule has 3 heterocycles. The molecule has 8 heteroatoms. The summed E-state index contributed by atoms with van der Waals surface area (Å²) in [6.07, 6.45) is 10.1. The molecule has 7 nitrogen and oxygen atoms in total. The molecule has 2 amide bonds. The van der Waals surface area contributed by atoms with Gasteiger partial charge in [-0.15, -0.1) is 11.3 Å². The molecular weight excluding hydrogens is 496 g/mol. The van der Waals surface area contributed by atoms with Gasteiger partial charge in [-0.05, 0) is 50.5 Å². The number of pyridine rings is 1. The average molecular weight is 535 g/mol. The molecule has 2 fully saturated rings. The van der Waals surface area contributed by atoms with E-state index in [0.29, 0.717) is 19.4 Å². The largest absolute Gasteiger partial charge is 0.396 e. The summed E-state index contributed by atoms with van der Waals surface area (Å²) in [6, 6.07) is 11.5. The molecule has 5 rings (SSSR count). The van der Waals surface area contributed by atoms with Gasteiger partial charge in [-0.25, -0.2) is 4.98 Å². The van der Waals surface area contributed by atoms with Crippen molar-refractivity contribution < 1.29 is 14.7 Å². The minimum Gasteiger partial charge on any atom is -0.396 e. The molecule has 2 aromatic heterocycles. The summed E-state index contributed by atoms with van der Waals surface area (Å²) in [5.74, 6) is -0.126. The van der Waals surface area contributed by atoms with Gasteiger partial charge >= 0.3 is 0 Å². The van der Waals surface area contributed by atoms with Crippen molar-refractivity contribution in [3.63, 3.8) is 0 Å². The van der Waals surface area contributed by atoms with E-state index >= 15 is 0 Å². The van der Waals surface area contributed by atoms with Crippen molar-refractivity contribution in [2.75, 3.05) is 13.2 Å². The van der Waals surface area contributed by atoms with Crippen LogP contribution in [0.25, 0.3) is 21.5 Å². The standard InChI is InChI=1S/C30H38N4O3S/c1-20(10-9-19-35)28(36)32-26(22-13-6-3-7-14-22)30(37)34-18-8-15-23(34)29-33-27-24(38-29)16-17-31-25(27)21-11-4-2-5-12-21/h2,4-5,11-12,16-17,20,22-23,26,35H,3,6-10,13-15,18-19H2,1H3,(H,32,36)/t20-,23+,26+/m1/s1. The van der Waals surface area contributed by atoms with Crippen molar-refractivity contribution in [3.05, 3.63) is 47.6 Å². The van der Waals surface area contributed by atoms with Crippen LogP contribution in [-0.4, -0.2) is 51.0 Å². The molecule has 1 aromatic carbocycles. The number of thiazole rings is 1. The van der Waals surface area contributed by atoms with E-state index < -0.39 is 6.04 Å². The normalized spacial score (nSPS) is 19.9. The van der Waals surface area contributed by atoms with Crippen LogP contribution in [0.3, 0.4) is 0 Å². The Bertz CT molecular complexity index is 1240. The maximum Gasteiger partial charge on any atom is 0.246 e. The molecule has 202 valence electrons. The van der Waals surface area contributed by atoms with Gasteiger partial charge in [0.05, 0.1) is 16.4 Å². The highest BCUT2D eigenvalue weighted by Gasteiger charge is 2.40. The Morgan fingerprint density at radius 2 is 1.89 bits per heavy atom. The minimum absolute atomic E-state index is 0.0303. The smallest absolute Gasteiger partial charge is 0.246 e. The summed E-state index contributed by atoms with van der Waals surface area (Å²) in [6.45, 7) is 2.63. The van der Waals surface area contributed by atoms with E-state index in [0.717, 1.165) is 65.0 Å². The fraction of sp³-hybridized carbons (Fsp3) is 0.533. The number of aliphatic hydroxyl groups excluding tert-OH is 1. The van der Waals surface area contributed by atoms with E-state index in [1.165, 1.54) is 6.42 Å². The van der Waals surface area contributed by atoms with Crippen molar-refractivity contribution in [1.29, 1.82) is 0 Å². The van der Waals surface area contributed by atoms with Gasteiger partial charge in [-0.2, -0.15) is 0 Å². The number of aromatic nitrogens is 2. The molecule has 1 saturated carbocycles. The van der Waals surface area contributed by atoms with Gasteiger partial charge < -0.3 is 15.3 Å². The second-order valence-corrected chi connectivity index (χ2v) is 11.8. The lowest BCUT2D eigenvalue weighted by atomic mass is 9.83. The maximum atomic E-state index is 14.1. The number of fused-ring (bicyclic) bond motifs is 1. The van der Waals surface area contributed by atoms with E-state index in [1.54, 1.807) is 11.3 Å². The average Bonchev–Trinajstić information content (AvgIpc) is 3.62. The van der Waals surface area contributed by atoms with Crippen molar-refractivity contribution in [2.45, 2.75) is 76.8 Å². The zero-order chi connectivity index (χ0) is 26.5. The van der Waals surface area contributed by atoms with Crippen LogP contribution in [0.1, 0.15) is 75.8 Å². The summed E-state index contributed by atoms with van der Waals surface area (Å²) in [5.41, 5.74) is 2.78. The first-order valence-electron chi connectivity index (χ1n) is 14.1. The Morgan fingerprint density at radius 1 is 1.11 bits per heavy atom. The van der Waals surface area contributed by atoms with Gasteiger partial charge in [0.25, 0.3) is 0 Å². The molecule has 2 aliphatic rings. The molecule has 3 aromatic rings. The number of benzene rings is 1. The first-order chi connectivity index (χ1) is 18.6. The van der Waals surface area contributed by atoms with Crippen molar-refractivity contribution in [3.8, 4) is 11.3 Å². The number of aliphatic hydroxyl groups is 1. The highest BCUT2D eigenvalue weighted by molar-refractivity contribution is 7.18. The predicted octanol–water partition coefficient (Wildman–Crippen LogP) is 5.50. The van der Waals surface area contributed by atoms with Crippen LogP contribution in [0.4, 0.5) is 0 Å². The first kappa shape index (κ1) is 26.8. The molecule has 2 N–H and O–H groups in total. The second-order valence-electron chi connectivity index (χ2n) is 10.8.